The largest absolute Gasteiger partial charge is 0.461 e. The highest BCUT2D eigenvalue weighted by Gasteiger charge is 2.32. The quantitative estimate of drug-likeness (QED) is 0.726. The van der Waals surface area contributed by atoms with Crippen molar-refractivity contribution < 1.29 is 13.6 Å². The average molecular weight is 312 g/mol. The van der Waals surface area contributed by atoms with E-state index in [1.165, 1.54) is 12.8 Å². The summed E-state index contributed by atoms with van der Waals surface area (Å²) >= 11 is 0. The molecule has 120 valence electrons. The number of Topliss-reactive ketones (excluding diaryl/α,β-unsaturated/α-hetero) is 1. The van der Waals surface area contributed by atoms with Crippen LogP contribution in [0.2, 0.25) is 0 Å². The van der Waals surface area contributed by atoms with Gasteiger partial charge in [-0.2, -0.15) is 0 Å². The number of halogens is 1. The van der Waals surface area contributed by atoms with E-state index in [9.17, 15) is 9.18 Å². The third kappa shape index (κ3) is 2.62. The van der Waals surface area contributed by atoms with E-state index in [0.29, 0.717) is 35.0 Å². The molecule has 1 saturated carbocycles. The number of ketones is 1. The normalized spacial score (nSPS) is 20.7. The molecule has 1 atom stereocenters. The Bertz CT molecular complexity index is 783. The molecule has 2 aliphatic carbocycles. The molecule has 0 amide bonds. The highest BCUT2D eigenvalue weighted by Crippen LogP contribution is 2.45. The lowest BCUT2D eigenvalue weighted by Crippen LogP contribution is -2.11. The Morgan fingerprint density at radius 1 is 1.13 bits per heavy atom. The minimum Gasteiger partial charge on any atom is -0.461 e. The smallest absolute Gasteiger partial charge is 0.166 e. The van der Waals surface area contributed by atoms with Crippen molar-refractivity contribution in [1.29, 1.82) is 0 Å². The van der Waals surface area contributed by atoms with Crippen LogP contribution >= 0.6 is 0 Å². The summed E-state index contributed by atoms with van der Waals surface area (Å²) in [6, 6.07) is 5.32. The van der Waals surface area contributed by atoms with Crippen molar-refractivity contribution in [2.24, 2.45) is 5.92 Å². The predicted octanol–water partition coefficient (Wildman–Crippen LogP) is 5.56. The number of carbonyl (C=O) groups excluding carboxylic acids is 1. The zero-order valence-electron chi connectivity index (χ0n) is 13.6. The van der Waals surface area contributed by atoms with Crippen LogP contribution in [-0.2, 0) is 0 Å². The van der Waals surface area contributed by atoms with Crippen molar-refractivity contribution in [3.63, 3.8) is 0 Å². The maximum absolute atomic E-state index is 14.2. The van der Waals surface area contributed by atoms with Gasteiger partial charge in [0.2, 0.25) is 0 Å². The SMILES string of the molecule is Cc1cc2c(o1)-c1cc(F)c(C)cc1C(CC1CC1)CCC2=O. The molecule has 0 bridgehead atoms. The van der Waals surface area contributed by atoms with Gasteiger partial charge in [-0.05, 0) is 61.8 Å². The molecule has 2 aromatic rings. The summed E-state index contributed by atoms with van der Waals surface area (Å²) in [4.78, 5) is 12.5. The van der Waals surface area contributed by atoms with E-state index < -0.39 is 0 Å². The van der Waals surface area contributed by atoms with Crippen molar-refractivity contribution in [1.82, 2.24) is 0 Å². The second-order valence-electron chi connectivity index (χ2n) is 7.13. The third-order valence-electron chi connectivity index (χ3n) is 5.21. The number of furan rings is 1. The molecule has 1 aromatic heterocycles. The minimum absolute atomic E-state index is 0.115. The van der Waals surface area contributed by atoms with E-state index >= 15 is 0 Å². The molecule has 1 aromatic carbocycles. The van der Waals surface area contributed by atoms with Crippen molar-refractivity contribution in [2.75, 3.05) is 0 Å². The Morgan fingerprint density at radius 2 is 1.91 bits per heavy atom. The molecule has 1 heterocycles. The molecule has 0 saturated heterocycles. The second kappa shape index (κ2) is 5.33. The van der Waals surface area contributed by atoms with Gasteiger partial charge >= 0.3 is 0 Å². The fourth-order valence-corrected chi connectivity index (χ4v) is 3.76. The standard InChI is InChI=1S/C20H21FO2/c1-11-7-15-14(9-13-3-4-13)5-6-19(22)17-8-12(2)23-20(17)16(15)10-18(11)21/h7-8,10,13-14H,3-6,9H2,1-2H3. The Morgan fingerprint density at radius 3 is 2.65 bits per heavy atom. The number of fused-ring (bicyclic) bond motifs is 3. The average Bonchev–Trinajstić information content (AvgIpc) is 3.25. The topological polar surface area (TPSA) is 30.2 Å². The maximum Gasteiger partial charge on any atom is 0.166 e. The maximum atomic E-state index is 14.2. The van der Waals surface area contributed by atoms with Gasteiger partial charge in [-0.3, -0.25) is 4.79 Å². The van der Waals surface area contributed by atoms with Crippen LogP contribution in [0.4, 0.5) is 4.39 Å². The van der Waals surface area contributed by atoms with E-state index in [1.54, 1.807) is 12.1 Å². The van der Waals surface area contributed by atoms with Crippen LogP contribution in [0.25, 0.3) is 11.3 Å². The first-order valence-corrected chi connectivity index (χ1v) is 8.47. The number of rotatable bonds is 2. The molecular weight excluding hydrogens is 291 g/mol. The molecule has 1 unspecified atom stereocenters. The second-order valence-corrected chi connectivity index (χ2v) is 7.13. The molecule has 4 rings (SSSR count). The van der Waals surface area contributed by atoms with Crippen LogP contribution in [-0.4, -0.2) is 5.78 Å². The van der Waals surface area contributed by atoms with Crippen molar-refractivity contribution in [3.05, 3.63) is 46.5 Å². The van der Waals surface area contributed by atoms with Gasteiger partial charge in [-0.15, -0.1) is 0 Å². The number of hydrogen-bond acceptors (Lipinski definition) is 2. The lowest BCUT2D eigenvalue weighted by atomic mass is 9.81. The van der Waals surface area contributed by atoms with Crippen molar-refractivity contribution in [3.8, 4) is 11.3 Å². The molecule has 2 nitrogen and oxygen atoms in total. The monoisotopic (exact) mass is 312 g/mol. The highest BCUT2D eigenvalue weighted by molar-refractivity contribution is 6.02. The minimum atomic E-state index is -0.234. The van der Waals surface area contributed by atoms with Crippen LogP contribution in [0.3, 0.4) is 0 Å². The van der Waals surface area contributed by atoms with Gasteiger partial charge < -0.3 is 4.42 Å². The Kier molecular flexibility index (Phi) is 3.40. The summed E-state index contributed by atoms with van der Waals surface area (Å²) in [6.07, 6.45) is 5.05. The molecule has 0 aliphatic heterocycles. The van der Waals surface area contributed by atoms with Gasteiger partial charge in [-0.25, -0.2) is 4.39 Å². The number of aryl methyl sites for hydroxylation is 2. The molecular formula is C20H21FO2. The molecule has 0 spiro atoms. The Labute approximate surface area is 135 Å². The number of carbonyl (C=O) groups is 1. The van der Waals surface area contributed by atoms with Gasteiger partial charge in [0, 0.05) is 12.0 Å². The zero-order chi connectivity index (χ0) is 16.1. The van der Waals surface area contributed by atoms with Crippen molar-refractivity contribution in [2.45, 2.75) is 51.9 Å². The fraction of sp³-hybridized carbons (Fsp3) is 0.450. The van der Waals surface area contributed by atoms with E-state index in [1.807, 2.05) is 19.9 Å². The van der Waals surface area contributed by atoms with Crippen LogP contribution in [0.15, 0.2) is 22.6 Å². The van der Waals surface area contributed by atoms with Gasteiger partial charge in [0.05, 0.1) is 5.56 Å². The van der Waals surface area contributed by atoms with Gasteiger partial charge in [0.25, 0.3) is 0 Å². The van der Waals surface area contributed by atoms with Gasteiger partial charge in [0.15, 0.2) is 5.78 Å². The lowest BCUT2D eigenvalue weighted by molar-refractivity contribution is 0.0976. The first kappa shape index (κ1) is 14.7. The fourth-order valence-electron chi connectivity index (χ4n) is 3.76. The summed E-state index contributed by atoms with van der Waals surface area (Å²) in [6.45, 7) is 3.64. The first-order valence-electron chi connectivity index (χ1n) is 8.47. The van der Waals surface area contributed by atoms with Crippen molar-refractivity contribution >= 4 is 5.78 Å². The summed E-state index contributed by atoms with van der Waals surface area (Å²) in [5.74, 6) is 2.23. The molecule has 3 heteroatoms. The molecule has 2 aliphatic rings. The molecule has 0 radical (unpaired) electrons. The Balaban J connectivity index is 1.92. The Hall–Kier alpha value is -1.90. The molecule has 23 heavy (non-hydrogen) atoms. The summed E-state index contributed by atoms with van der Waals surface area (Å²) in [5.41, 5.74) is 3.20. The first-order chi connectivity index (χ1) is 11.0. The predicted molar refractivity (Wildman–Crippen MR) is 87.2 cm³/mol. The third-order valence-corrected chi connectivity index (χ3v) is 5.21. The highest BCUT2D eigenvalue weighted by atomic mass is 19.1. The number of hydrogen-bond donors (Lipinski definition) is 0. The van der Waals surface area contributed by atoms with E-state index in [-0.39, 0.29) is 11.6 Å². The van der Waals surface area contributed by atoms with E-state index in [0.717, 1.165) is 29.9 Å². The van der Waals surface area contributed by atoms with E-state index in [2.05, 4.69) is 0 Å². The van der Waals surface area contributed by atoms with Crippen LogP contribution < -0.4 is 0 Å². The number of benzene rings is 1. The van der Waals surface area contributed by atoms with E-state index in [4.69, 9.17) is 4.42 Å². The summed E-state index contributed by atoms with van der Waals surface area (Å²) < 4.78 is 20.0. The van der Waals surface area contributed by atoms with Gasteiger partial charge in [0.1, 0.15) is 17.3 Å². The summed E-state index contributed by atoms with van der Waals surface area (Å²) in [7, 11) is 0. The van der Waals surface area contributed by atoms with Crippen LogP contribution in [0.1, 0.15) is 65.3 Å². The lowest BCUT2D eigenvalue weighted by Gasteiger charge is -2.23. The van der Waals surface area contributed by atoms with Crippen LogP contribution in [0, 0.1) is 25.6 Å². The molecule has 0 N–H and O–H groups in total. The van der Waals surface area contributed by atoms with Crippen LogP contribution in [0.5, 0.6) is 0 Å². The summed E-state index contributed by atoms with van der Waals surface area (Å²) in [5, 5.41) is 0. The zero-order valence-corrected chi connectivity index (χ0v) is 13.6. The molecule has 1 fully saturated rings. The van der Waals surface area contributed by atoms with Gasteiger partial charge in [-0.1, -0.05) is 18.9 Å².